The maximum Gasteiger partial charge on any atom is 0.249 e. The van der Waals surface area contributed by atoms with E-state index in [1.807, 2.05) is 6.07 Å². The summed E-state index contributed by atoms with van der Waals surface area (Å²) in [6, 6.07) is 10.6. The van der Waals surface area contributed by atoms with Gasteiger partial charge in [-0.05, 0) is 37.8 Å². The molecule has 2 atom stereocenters. The van der Waals surface area contributed by atoms with Gasteiger partial charge in [0.2, 0.25) is 11.7 Å². The molecule has 2 aromatic rings. The molecule has 0 amide bonds. The van der Waals surface area contributed by atoms with Crippen LogP contribution in [0.2, 0.25) is 0 Å². The Morgan fingerprint density at radius 1 is 1.10 bits per heavy atom. The Morgan fingerprint density at radius 2 is 2.00 bits per heavy atom. The van der Waals surface area contributed by atoms with Crippen LogP contribution in [0.1, 0.15) is 49.5 Å². The van der Waals surface area contributed by atoms with E-state index in [0.717, 1.165) is 44.7 Å². The second-order valence-corrected chi connectivity index (χ2v) is 5.68. The Balaban J connectivity index is 1.57. The Kier molecular flexibility index (Phi) is 3.35. The van der Waals surface area contributed by atoms with Crippen LogP contribution in [0.3, 0.4) is 0 Å². The zero-order chi connectivity index (χ0) is 14.1. The molecule has 2 unspecified atom stereocenters. The zero-order valence-corrected chi connectivity index (χ0v) is 11.9. The fourth-order valence-corrected chi connectivity index (χ4v) is 3.25. The predicted molar refractivity (Wildman–Crippen MR) is 78.0 cm³/mol. The van der Waals surface area contributed by atoms with Crippen LogP contribution in [0.15, 0.2) is 34.9 Å². The zero-order valence-electron chi connectivity index (χ0n) is 11.9. The number of anilines is 1. The van der Waals surface area contributed by atoms with E-state index in [2.05, 4.69) is 39.3 Å². The van der Waals surface area contributed by atoms with Gasteiger partial charge in [-0.3, -0.25) is 0 Å². The van der Waals surface area contributed by atoms with Crippen LogP contribution < -0.4 is 4.90 Å². The lowest BCUT2D eigenvalue weighted by Crippen LogP contribution is -2.22. The third-order valence-electron chi connectivity index (χ3n) is 4.30. The third-order valence-corrected chi connectivity index (χ3v) is 4.30. The quantitative estimate of drug-likeness (QED) is 0.866. The molecule has 2 aliphatic rings. The molecule has 0 radical (unpaired) electrons. The highest BCUT2D eigenvalue weighted by molar-refractivity contribution is 5.48. The van der Waals surface area contributed by atoms with Crippen LogP contribution in [-0.2, 0) is 4.74 Å². The molecular formula is C16H19N3O2. The Hall–Kier alpha value is -1.88. The molecule has 0 saturated carbocycles. The largest absolute Gasteiger partial charge is 0.370 e. The minimum absolute atomic E-state index is 0.0223. The first-order chi connectivity index (χ1) is 10.4. The van der Waals surface area contributed by atoms with Crippen molar-refractivity contribution in [2.24, 2.45) is 0 Å². The molecular weight excluding hydrogens is 266 g/mol. The van der Waals surface area contributed by atoms with E-state index < -0.39 is 0 Å². The predicted octanol–water partition coefficient (Wildman–Crippen LogP) is 3.26. The second-order valence-electron chi connectivity index (χ2n) is 5.68. The van der Waals surface area contributed by atoms with Crippen molar-refractivity contribution in [2.45, 2.75) is 37.8 Å². The number of ether oxygens (including phenoxy) is 1. The summed E-state index contributed by atoms with van der Waals surface area (Å²) in [5, 5.41) is 4.13. The summed E-state index contributed by atoms with van der Waals surface area (Å²) in [4.78, 5) is 6.96. The number of hydrogen-bond donors (Lipinski definition) is 0. The smallest absolute Gasteiger partial charge is 0.249 e. The number of benzene rings is 1. The van der Waals surface area contributed by atoms with E-state index >= 15 is 0 Å². The average molecular weight is 285 g/mol. The van der Waals surface area contributed by atoms with Crippen LogP contribution in [0, 0.1) is 0 Å². The van der Waals surface area contributed by atoms with Crippen LogP contribution >= 0.6 is 0 Å². The second kappa shape index (κ2) is 5.48. The highest BCUT2D eigenvalue weighted by Crippen LogP contribution is 2.36. The summed E-state index contributed by atoms with van der Waals surface area (Å²) in [5.74, 6) is 1.43. The lowest BCUT2D eigenvalue weighted by Gasteiger charge is -2.23. The van der Waals surface area contributed by atoms with Gasteiger partial charge in [-0.25, -0.2) is 0 Å². The lowest BCUT2D eigenvalue weighted by atomic mass is 10.2. The van der Waals surface area contributed by atoms with Gasteiger partial charge in [0.25, 0.3) is 0 Å². The minimum atomic E-state index is 0.0223. The number of para-hydroxylation sites is 1. The molecule has 3 heterocycles. The fourth-order valence-electron chi connectivity index (χ4n) is 3.25. The van der Waals surface area contributed by atoms with Gasteiger partial charge in [0.05, 0.1) is 0 Å². The molecule has 5 nitrogen and oxygen atoms in total. The molecule has 2 fully saturated rings. The van der Waals surface area contributed by atoms with E-state index in [9.17, 15) is 0 Å². The molecule has 110 valence electrons. The minimum Gasteiger partial charge on any atom is -0.370 e. The van der Waals surface area contributed by atoms with Gasteiger partial charge < -0.3 is 14.2 Å². The van der Waals surface area contributed by atoms with Gasteiger partial charge >= 0.3 is 0 Å². The molecule has 0 spiro atoms. The average Bonchev–Trinajstić information content (AvgIpc) is 3.27. The van der Waals surface area contributed by atoms with Crippen molar-refractivity contribution >= 4 is 5.69 Å². The first kappa shape index (κ1) is 12.8. The fraction of sp³-hybridized carbons (Fsp3) is 0.500. The molecule has 4 rings (SSSR count). The molecule has 0 N–H and O–H groups in total. The maximum atomic E-state index is 5.63. The SMILES string of the molecule is c1ccc(N2CCCC2c2nc(C3CCCO3)no2)cc1. The summed E-state index contributed by atoms with van der Waals surface area (Å²) in [6.45, 7) is 1.83. The van der Waals surface area contributed by atoms with Crippen LogP contribution in [0.25, 0.3) is 0 Å². The first-order valence-electron chi connectivity index (χ1n) is 7.68. The standard InChI is InChI=1S/C16H19N3O2/c1-2-6-12(7-3-1)19-10-4-8-13(19)16-17-15(18-21-16)14-9-5-11-20-14/h1-3,6-7,13-14H,4-5,8-11H2. The summed E-state index contributed by atoms with van der Waals surface area (Å²) in [6.07, 6.45) is 4.30. The maximum absolute atomic E-state index is 5.63. The first-order valence-corrected chi connectivity index (χ1v) is 7.68. The molecule has 5 heteroatoms. The van der Waals surface area contributed by atoms with E-state index in [0.29, 0.717) is 5.82 Å². The van der Waals surface area contributed by atoms with Crippen LogP contribution in [0.5, 0.6) is 0 Å². The lowest BCUT2D eigenvalue weighted by molar-refractivity contribution is 0.103. The Morgan fingerprint density at radius 3 is 2.81 bits per heavy atom. The molecule has 2 saturated heterocycles. The van der Waals surface area contributed by atoms with Crippen molar-refractivity contribution < 1.29 is 9.26 Å². The topological polar surface area (TPSA) is 51.4 Å². The molecule has 0 bridgehead atoms. The molecule has 0 aliphatic carbocycles. The van der Waals surface area contributed by atoms with Crippen molar-refractivity contribution in [3.63, 3.8) is 0 Å². The van der Waals surface area contributed by atoms with Crippen molar-refractivity contribution in [1.82, 2.24) is 10.1 Å². The Bertz CT molecular complexity index is 593. The van der Waals surface area contributed by atoms with Gasteiger partial charge in [0.15, 0.2) is 0 Å². The number of hydrogen-bond acceptors (Lipinski definition) is 5. The van der Waals surface area contributed by atoms with Crippen molar-refractivity contribution in [1.29, 1.82) is 0 Å². The summed E-state index contributed by atoms with van der Waals surface area (Å²) >= 11 is 0. The number of rotatable bonds is 3. The third kappa shape index (κ3) is 2.42. The summed E-state index contributed by atoms with van der Waals surface area (Å²) in [5.41, 5.74) is 1.22. The normalized spacial score (nSPS) is 25.6. The molecule has 1 aromatic heterocycles. The van der Waals surface area contributed by atoms with Crippen molar-refractivity contribution in [3.8, 4) is 0 Å². The van der Waals surface area contributed by atoms with Gasteiger partial charge in [0, 0.05) is 18.8 Å². The Labute approximate surface area is 123 Å². The van der Waals surface area contributed by atoms with Crippen molar-refractivity contribution in [2.75, 3.05) is 18.1 Å². The highest BCUT2D eigenvalue weighted by atomic mass is 16.5. The van der Waals surface area contributed by atoms with Gasteiger partial charge in [-0.15, -0.1) is 0 Å². The van der Waals surface area contributed by atoms with Gasteiger partial charge in [0.1, 0.15) is 12.1 Å². The van der Waals surface area contributed by atoms with E-state index in [1.54, 1.807) is 0 Å². The molecule has 21 heavy (non-hydrogen) atoms. The van der Waals surface area contributed by atoms with E-state index in [-0.39, 0.29) is 12.1 Å². The summed E-state index contributed by atoms with van der Waals surface area (Å²) < 4.78 is 11.2. The van der Waals surface area contributed by atoms with Gasteiger partial charge in [-0.2, -0.15) is 4.98 Å². The van der Waals surface area contributed by atoms with Gasteiger partial charge in [-0.1, -0.05) is 23.4 Å². The van der Waals surface area contributed by atoms with Crippen LogP contribution in [0.4, 0.5) is 5.69 Å². The number of aromatic nitrogens is 2. The number of nitrogens with zero attached hydrogens (tertiary/aromatic N) is 3. The molecule has 2 aliphatic heterocycles. The summed E-state index contributed by atoms with van der Waals surface area (Å²) in [7, 11) is 0. The van der Waals surface area contributed by atoms with Crippen molar-refractivity contribution in [3.05, 3.63) is 42.0 Å². The van der Waals surface area contributed by atoms with Crippen LogP contribution in [-0.4, -0.2) is 23.3 Å². The monoisotopic (exact) mass is 285 g/mol. The highest BCUT2D eigenvalue weighted by Gasteiger charge is 2.32. The van der Waals surface area contributed by atoms with E-state index in [1.165, 1.54) is 5.69 Å². The molecule has 1 aromatic carbocycles. The van der Waals surface area contributed by atoms with E-state index in [4.69, 9.17) is 9.26 Å².